The third-order valence-corrected chi connectivity index (χ3v) is 3.44. The number of anilines is 1. The monoisotopic (exact) mass is 287 g/mol. The smallest absolute Gasteiger partial charge is 0.129 e. The lowest BCUT2D eigenvalue weighted by molar-refractivity contribution is 0.535. The fourth-order valence-corrected chi connectivity index (χ4v) is 2.43. The minimum Gasteiger partial charge on any atom is -0.469 e. The molecule has 0 aliphatic carbocycles. The van der Waals surface area contributed by atoms with E-state index >= 15 is 0 Å². The zero-order valence-corrected chi connectivity index (χ0v) is 12.0. The third-order valence-electron chi connectivity index (χ3n) is 3.21. The van der Waals surface area contributed by atoms with E-state index in [4.69, 9.17) is 21.8 Å². The fraction of sp³-hybridized carbons (Fsp3) is 0.133. The van der Waals surface area contributed by atoms with Gasteiger partial charge in [0.1, 0.15) is 23.5 Å². The zero-order chi connectivity index (χ0) is 14.3. The van der Waals surface area contributed by atoms with Crippen molar-refractivity contribution >= 4 is 17.4 Å². The van der Waals surface area contributed by atoms with Gasteiger partial charge in [-0.25, -0.2) is 0 Å². The van der Waals surface area contributed by atoms with Crippen LogP contribution in [0.2, 0.25) is 5.02 Å². The zero-order valence-electron chi connectivity index (χ0n) is 11.2. The van der Waals surface area contributed by atoms with Crippen LogP contribution in [0.1, 0.15) is 5.76 Å². The third kappa shape index (κ3) is 2.08. The van der Waals surface area contributed by atoms with Crippen molar-refractivity contribution in [3.05, 3.63) is 47.4 Å². The Hall–Kier alpha value is -2.20. The molecule has 0 saturated heterocycles. The van der Waals surface area contributed by atoms with Crippen molar-refractivity contribution in [2.45, 2.75) is 6.92 Å². The highest BCUT2D eigenvalue weighted by molar-refractivity contribution is 6.30. The molecule has 0 aliphatic heterocycles. The first kappa shape index (κ1) is 12.8. The van der Waals surface area contributed by atoms with E-state index in [-0.39, 0.29) is 0 Å². The number of hydrogen-bond donors (Lipinski definition) is 1. The topological polar surface area (TPSA) is 57.0 Å². The molecule has 1 aromatic carbocycles. The van der Waals surface area contributed by atoms with Crippen molar-refractivity contribution in [1.82, 2.24) is 9.78 Å². The van der Waals surface area contributed by atoms with Crippen LogP contribution < -0.4 is 5.73 Å². The van der Waals surface area contributed by atoms with Gasteiger partial charge in [0.05, 0.1) is 5.56 Å². The molecule has 3 rings (SSSR count). The Bertz CT molecular complexity index is 773. The lowest BCUT2D eigenvalue weighted by Gasteiger charge is -2.03. The van der Waals surface area contributed by atoms with E-state index in [0.717, 1.165) is 28.1 Å². The second kappa shape index (κ2) is 4.72. The summed E-state index contributed by atoms with van der Waals surface area (Å²) in [5, 5.41) is 5.16. The summed E-state index contributed by atoms with van der Waals surface area (Å²) < 4.78 is 7.03. The Kier molecular flexibility index (Phi) is 3.03. The predicted molar refractivity (Wildman–Crippen MR) is 80.5 cm³/mol. The summed E-state index contributed by atoms with van der Waals surface area (Å²) in [6, 6.07) is 9.52. The van der Waals surface area contributed by atoms with Gasteiger partial charge in [-0.3, -0.25) is 4.68 Å². The van der Waals surface area contributed by atoms with Crippen LogP contribution in [0.4, 0.5) is 5.82 Å². The molecule has 0 fully saturated rings. The van der Waals surface area contributed by atoms with E-state index < -0.39 is 0 Å². The van der Waals surface area contributed by atoms with Gasteiger partial charge in [0, 0.05) is 17.6 Å². The molecule has 0 unspecified atom stereocenters. The molecule has 4 nitrogen and oxygen atoms in total. The van der Waals surface area contributed by atoms with Gasteiger partial charge in [-0.05, 0) is 30.7 Å². The quantitative estimate of drug-likeness (QED) is 0.778. The summed E-state index contributed by atoms with van der Waals surface area (Å²) in [5.74, 6) is 1.43. The Balaban J connectivity index is 2.24. The van der Waals surface area contributed by atoms with Crippen molar-refractivity contribution in [2.75, 3.05) is 5.73 Å². The molecule has 20 heavy (non-hydrogen) atoms. The molecule has 0 saturated carbocycles. The number of nitrogens with zero attached hydrogens (tertiary/aromatic N) is 2. The van der Waals surface area contributed by atoms with E-state index in [0.29, 0.717) is 10.8 Å². The Labute approximate surface area is 121 Å². The van der Waals surface area contributed by atoms with Gasteiger partial charge in [0.15, 0.2) is 0 Å². The van der Waals surface area contributed by atoms with Crippen LogP contribution >= 0.6 is 11.6 Å². The Morgan fingerprint density at radius 3 is 2.70 bits per heavy atom. The molecule has 0 spiro atoms. The molecule has 3 aromatic rings. The van der Waals surface area contributed by atoms with Crippen LogP contribution in [0.3, 0.4) is 0 Å². The standard InChI is InChI=1S/C15H14ClN3O/c1-9-6-11(8-20-9)14-13(15(17)19(2)18-14)10-4-3-5-12(16)7-10/h3-8H,17H2,1-2H3. The van der Waals surface area contributed by atoms with Gasteiger partial charge in [-0.15, -0.1) is 0 Å². The molecule has 0 bridgehead atoms. The highest BCUT2D eigenvalue weighted by Crippen LogP contribution is 2.37. The number of nitrogens with two attached hydrogens (primary N) is 1. The number of benzene rings is 1. The molecule has 0 amide bonds. The van der Waals surface area contributed by atoms with Crippen LogP contribution in [-0.4, -0.2) is 9.78 Å². The SMILES string of the molecule is Cc1cc(-c2nn(C)c(N)c2-c2cccc(Cl)c2)co1. The van der Waals surface area contributed by atoms with Gasteiger partial charge in [0.25, 0.3) is 0 Å². The summed E-state index contributed by atoms with van der Waals surface area (Å²) >= 11 is 6.07. The van der Waals surface area contributed by atoms with E-state index in [1.54, 1.807) is 10.9 Å². The van der Waals surface area contributed by atoms with Crippen molar-refractivity contribution in [2.24, 2.45) is 7.05 Å². The number of furan rings is 1. The van der Waals surface area contributed by atoms with Gasteiger partial charge in [0.2, 0.25) is 0 Å². The lowest BCUT2D eigenvalue weighted by atomic mass is 10.0. The molecular formula is C15H14ClN3O. The second-order valence-corrected chi connectivity index (χ2v) is 5.13. The summed E-state index contributed by atoms with van der Waals surface area (Å²) in [4.78, 5) is 0. The Morgan fingerprint density at radius 1 is 1.25 bits per heavy atom. The van der Waals surface area contributed by atoms with E-state index in [1.807, 2.05) is 44.3 Å². The van der Waals surface area contributed by atoms with Crippen molar-refractivity contribution in [3.63, 3.8) is 0 Å². The molecule has 0 radical (unpaired) electrons. The van der Waals surface area contributed by atoms with Crippen molar-refractivity contribution in [1.29, 1.82) is 0 Å². The summed E-state index contributed by atoms with van der Waals surface area (Å²) in [7, 11) is 1.82. The average Bonchev–Trinajstić information content (AvgIpc) is 2.95. The summed E-state index contributed by atoms with van der Waals surface area (Å²) in [6.07, 6.45) is 1.69. The molecular weight excluding hydrogens is 274 g/mol. The van der Waals surface area contributed by atoms with Gasteiger partial charge in [-0.1, -0.05) is 23.7 Å². The van der Waals surface area contributed by atoms with Crippen LogP contribution in [0.25, 0.3) is 22.4 Å². The number of nitrogen functional groups attached to an aromatic ring is 1. The maximum atomic E-state index is 6.16. The number of hydrogen-bond acceptors (Lipinski definition) is 3. The highest BCUT2D eigenvalue weighted by atomic mass is 35.5. The number of rotatable bonds is 2. The van der Waals surface area contributed by atoms with Crippen molar-refractivity contribution < 1.29 is 4.42 Å². The van der Waals surface area contributed by atoms with E-state index in [2.05, 4.69) is 5.10 Å². The molecule has 0 atom stereocenters. The first-order valence-electron chi connectivity index (χ1n) is 6.20. The highest BCUT2D eigenvalue weighted by Gasteiger charge is 2.18. The number of aromatic nitrogens is 2. The molecule has 2 aromatic heterocycles. The maximum Gasteiger partial charge on any atom is 0.129 e. The van der Waals surface area contributed by atoms with Gasteiger partial charge >= 0.3 is 0 Å². The first-order valence-corrected chi connectivity index (χ1v) is 6.58. The molecule has 0 aliphatic rings. The minimum atomic E-state index is 0.598. The average molecular weight is 288 g/mol. The van der Waals surface area contributed by atoms with Crippen LogP contribution in [0.15, 0.2) is 41.0 Å². The van der Waals surface area contributed by atoms with E-state index in [1.165, 1.54) is 0 Å². The lowest BCUT2D eigenvalue weighted by Crippen LogP contribution is -1.97. The summed E-state index contributed by atoms with van der Waals surface area (Å²) in [5.41, 5.74) is 9.67. The van der Waals surface area contributed by atoms with Crippen LogP contribution in [0.5, 0.6) is 0 Å². The molecule has 2 N–H and O–H groups in total. The van der Waals surface area contributed by atoms with Gasteiger partial charge in [-0.2, -0.15) is 5.10 Å². The van der Waals surface area contributed by atoms with Crippen LogP contribution in [0, 0.1) is 6.92 Å². The van der Waals surface area contributed by atoms with E-state index in [9.17, 15) is 0 Å². The Morgan fingerprint density at radius 2 is 2.05 bits per heavy atom. The number of halogens is 1. The van der Waals surface area contributed by atoms with Gasteiger partial charge < -0.3 is 10.2 Å². The maximum absolute atomic E-state index is 6.16. The largest absolute Gasteiger partial charge is 0.469 e. The number of aryl methyl sites for hydroxylation is 2. The molecule has 2 heterocycles. The molecule has 5 heteroatoms. The summed E-state index contributed by atoms with van der Waals surface area (Å²) in [6.45, 7) is 1.90. The fourth-order valence-electron chi connectivity index (χ4n) is 2.24. The second-order valence-electron chi connectivity index (χ2n) is 4.69. The van der Waals surface area contributed by atoms with Crippen molar-refractivity contribution in [3.8, 4) is 22.4 Å². The van der Waals surface area contributed by atoms with Crippen LogP contribution in [-0.2, 0) is 7.05 Å². The minimum absolute atomic E-state index is 0.598. The normalized spacial score (nSPS) is 10.9. The molecule has 102 valence electrons. The first-order chi connectivity index (χ1) is 9.56. The predicted octanol–water partition coefficient (Wildman–Crippen LogP) is 3.89.